The third-order valence-corrected chi connectivity index (χ3v) is 2.36. The van der Waals surface area contributed by atoms with E-state index in [2.05, 4.69) is 12.2 Å². The Morgan fingerprint density at radius 3 is 2.41 bits per heavy atom. The van der Waals surface area contributed by atoms with Crippen molar-refractivity contribution < 1.29 is 19.5 Å². The first-order valence-electron chi connectivity index (χ1n) is 5.99. The van der Waals surface area contributed by atoms with Gasteiger partial charge in [0.25, 0.3) is 0 Å². The van der Waals surface area contributed by atoms with E-state index in [0.717, 1.165) is 32.1 Å². The van der Waals surface area contributed by atoms with Gasteiger partial charge in [-0.05, 0) is 6.42 Å². The zero-order valence-corrected chi connectivity index (χ0v) is 10.2. The second-order valence-corrected chi connectivity index (χ2v) is 4.00. The summed E-state index contributed by atoms with van der Waals surface area (Å²) < 4.78 is 0. The minimum absolute atomic E-state index is 0.281. The minimum atomic E-state index is -1.12. The third-order valence-electron chi connectivity index (χ3n) is 2.36. The van der Waals surface area contributed by atoms with E-state index in [0.29, 0.717) is 6.42 Å². The summed E-state index contributed by atoms with van der Waals surface area (Å²) in [5.41, 5.74) is 0. The van der Waals surface area contributed by atoms with Crippen LogP contribution in [0.15, 0.2) is 0 Å². The Hall–Kier alpha value is -1.39. The first kappa shape index (κ1) is 15.6. The van der Waals surface area contributed by atoms with Crippen molar-refractivity contribution in [1.82, 2.24) is 5.32 Å². The van der Waals surface area contributed by atoms with Crippen LogP contribution in [0.2, 0.25) is 0 Å². The van der Waals surface area contributed by atoms with E-state index in [-0.39, 0.29) is 5.91 Å². The molecular formula is C12H20NO4. The first-order valence-corrected chi connectivity index (χ1v) is 5.99. The highest BCUT2D eigenvalue weighted by atomic mass is 16.4. The normalized spacial score (nSPS) is 11.8. The van der Waals surface area contributed by atoms with E-state index in [1.54, 1.807) is 0 Å². The summed E-state index contributed by atoms with van der Waals surface area (Å²) >= 11 is 0. The van der Waals surface area contributed by atoms with Gasteiger partial charge in [-0.1, -0.05) is 32.6 Å². The van der Waals surface area contributed by atoms with Gasteiger partial charge in [-0.3, -0.25) is 14.4 Å². The van der Waals surface area contributed by atoms with Crippen LogP contribution in [0.4, 0.5) is 0 Å². The number of nitrogens with one attached hydrogen (secondary N) is 1. The number of carbonyl (C=O) groups excluding carboxylic acids is 2. The summed E-state index contributed by atoms with van der Waals surface area (Å²) in [7, 11) is 0. The van der Waals surface area contributed by atoms with Gasteiger partial charge in [-0.25, -0.2) is 0 Å². The maximum Gasteiger partial charge on any atom is 0.305 e. The topological polar surface area (TPSA) is 83.5 Å². The summed E-state index contributed by atoms with van der Waals surface area (Å²) in [6.45, 7) is 2.11. The summed E-state index contributed by atoms with van der Waals surface area (Å²) in [5.74, 6) is -1.40. The van der Waals surface area contributed by atoms with Crippen molar-refractivity contribution in [2.24, 2.45) is 0 Å². The van der Waals surface area contributed by atoms with Gasteiger partial charge < -0.3 is 10.4 Å². The average molecular weight is 242 g/mol. The maximum absolute atomic E-state index is 11.3. The predicted octanol–water partition coefficient (Wildman–Crippen LogP) is 1.42. The van der Waals surface area contributed by atoms with Gasteiger partial charge in [-0.2, -0.15) is 0 Å². The molecule has 5 heteroatoms. The van der Waals surface area contributed by atoms with Crippen LogP contribution in [0.1, 0.15) is 51.9 Å². The molecule has 0 saturated heterocycles. The van der Waals surface area contributed by atoms with E-state index in [1.165, 1.54) is 6.29 Å². The molecule has 2 N–H and O–H groups in total. The molecule has 0 fully saturated rings. The van der Waals surface area contributed by atoms with E-state index < -0.39 is 18.4 Å². The predicted molar refractivity (Wildman–Crippen MR) is 63.3 cm³/mol. The monoisotopic (exact) mass is 242 g/mol. The zero-order chi connectivity index (χ0) is 13.1. The molecule has 0 heterocycles. The fourth-order valence-electron chi connectivity index (χ4n) is 1.45. The zero-order valence-electron chi connectivity index (χ0n) is 10.2. The van der Waals surface area contributed by atoms with Crippen molar-refractivity contribution >= 4 is 18.2 Å². The number of amides is 1. The molecular weight excluding hydrogens is 222 g/mol. The number of rotatable bonds is 10. The van der Waals surface area contributed by atoms with Gasteiger partial charge >= 0.3 is 5.97 Å². The Morgan fingerprint density at radius 1 is 1.24 bits per heavy atom. The summed E-state index contributed by atoms with van der Waals surface area (Å²) in [4.78, 5) is 32.1. The Bertz CT molecular complexity index is 253. The van der Waals surface area contributed by atoms with E-state index in [1.807, 2.05) is 0 Å². The fraction of sp³-hybridized carbons (Fsp3) is 0.750. The quantitative estimate of drug-likeness (QED) is 0.567. The van der Waals surface area contributed by atoms with Crippen molar-refractivity contribution in [3.8, 4) is 0 Å². The molecule has 97 valence electrons. The molecule has 0 saturated carbocycles. The molecule has 0 unspecified atom stereocenters. The van der Waals surface area contributed by atoms with Crippen LogP contribution >= 0.6 is 0 Å². The molecule has 0 rings (SSSR count). The Labute approximate surface area is 102 Å². The van der Waals surface area contributed by atoms with Crippen molar-refractivity contribution in [3.05, 3.63) is 0 Å². The fourth-order valence-corrected chi connectivity index (χ4v) is 1.45. The average Bonchev–Trinajstić information content (AvgIpc) is 2.27. The highest BCUT2D eigenvalue weighted by Crippen LogP contribution is 2.05. The van der Waals surface area contributed by atoms with Crippen molar-refractivity contribution in [2.75, 3.05) is 0 Å². The van der Waals surface area contributed by atoms with Gasteiger partial charge in [-0.15, -0.1) is 0 Å². The maximum atomic E-state index is 11.3. The minimum Gasteiger partial charge on any atom is -0.481 e. The van der Waals surface area contributed by atoms with Crippen LogP contribution in [0.5, 0.6) is 0 Å². The Kier molecular flexibility index (Phi) is 9.01. The number of hydrogen-bond donors (Lipinski definition) is 2. The van der Waals surface area contributed by atoms with E-state index >= 15 is 0 Å². The van der Waals surface area contributed by atoms with Crippen LogP contribution in [-0.2, 0) is 14.4 Å². The SMILES string of the molecule is CCCCCCCC(=O)N[C@@H]([C]=O)CC(=O)O. The standard InChI is InChI=1S/C12H20NO4/c1-2-3-4-5-6-7-11(15)13-10(9-14)8-12(16)17/h10H,2-8H2,1H3,(H,13,15)(H,16,17)/t10-/m1/s1. The lowest BCUT2D eigenvalue weighted by Crippen LogP contribution is -2.37. The molecule has 0 aliphatic heterocycles. The highest BCUT2D eigenvalue weighted by Gasteiger charge is 2.15. The third kappa shape index (κ3) is 9.53. The second kappa shape index (κ2) is 9.81. The van der Waals surface area contributed by atoms with Crippen LogP contribution in [0, 0.1) is 0 Å². The van der Waals surface area contributed by atoms with Crippen LogP contribution in [0.3, 0.4) is 0 Å². The lowest BCUT2D eigenvalue weighted by molar-refractivity contribution is -0.137. The van der Waals surface area contributed by atoms with Gasteiger partial charge in [0.1, 0.15) is 6.04 Å². The van der Waals surface area contributed by atoms with Crippen LogP contribution in [-0.4, -0.2) is 29.3 Å². The van der Waals surface area contributed by atoms with Gasteiger partial charge in [0.2, 0.25) is 12.2 Å². The highest BCUT2D eigenvalue weighted by molar-refractivity contribution is 5.82. The molecule has 0 bridgehead atoms. The van der Waals surface area contributed by atoms with E-state index in [9.17, 15) is 14.4 Å². The smallest absolute Gasteiger partial charge is 0.305 e. The van der Waals surface area contributed by atoms with Crippen LogP contribution in [0.25, 0.3) is 0 Å². The largest absolute Gasteiger partial charge is 0.481 e. The molecule has 17 heavy (non-hydrogen) atoms. The van der Waals surface area contributed by atoms with E-state index in [4.69, 9.17) is 5.11 Å². The van der Waals surface area contributed by atoms with Gasteiger partial charge in [0, 0.05) is 6.42 Å². The molecule has 1 atom stereocenters. The van der Waals surface area contributed by atoms with Crippen molar-refractivity contribution in [3.63, 3.8) is 0 Å². The summed E-state index contributed by atoms with van der Waals surface area (Å²) in [5, 5.41) is 10.8. The lowest BCUT2D eigenvalue weighted by atomic mass is 10.1. The molecule has 0 aliphatic carbocycles. The second-order valence-electron chi connectivity index (χ2n) is 4.00. The molecule has 0 aliphatic rings. The molecule has 0 aromatic rings. The molecule has 0 spiro atoms. The molecule has 1 radical (unpaired) electrons. The molecule has 1 amide bonds. The molecule has 5 nitrogen and oxygen atoms in total. The Morgan fingerprint density at radius 2 is 1.88 bits per heavy atom. The number of carboxylic acid groups (broad SMARTS) is 1. The summed E-state index contributed by atoms with van der Waals surface area (Å²) in [6, 6.07) is -1.03. The van der Waals surface area contributed by atoms with Crippen molar-refractivity contribution in [2.45, 2.75) is 57.9 Å². The number of carboxylic acids is 1. The number of carbonyl (C=O) groups is 2. The molecule has 0 aromatic carbocycles. The number of aliphatic carboxylic acids is 1. The van der Waals surface area contributed by atoms with Gasteiger partial charge in [0.15, 0.2) is 0 Å². The van der Waals surface area contributed by atoms with Crippen molar-refractivity contribution in [1.29, 1.82) is 0 Å². The lowest BCUT2D eigenvalue weighted by Gasteiger charge is -2.09. The van der Waals surface area contributed by atoms with Gasteiger partial charge in [0.05, 0.1) is 6.42 Å². The Balaban J connectivity index is 3.68. The summed E-state index contributed by atoms with van der Waals surface area (Å²) in [6.07, 6.45) is 6.59. The van der Waals surface area contributed by atoms with Crippen LogP contribution < -0.4 is 5.32 Å². The number of unbranched alkanes of at least 4 members (excludes halogenated alkanes) is 4. The molecule has 0 aromatic heterocycles. The first-order chi connectivity index (χ1) is 8.10. The number of hydrogen-bond acceptors (Lipinski definition) is 3.